The number of nitrogens with one attached hydrogen (secondary N) is 1. The van der Waals surface area contributed by atoms with E-state index in [2.05, 4.69) is 38.6 Å². The zero-order chi connectivity index (χ0) is 17.5. The summed E-state index contributed by atoms with van der Waals surface area (Å²) in [5.41, 5.74) is 1.17. The molecule has 0 aromatic carbocycles. The Hall–Kier alpha value is -1.20. The summed E-state index contributed by atoms with van der Waals surface area (Å²) in [6.45, 7) is 7.78. The van der Waals surface area contributed by atoms with Gasteiger partial charge >= 0.3 is 0 Å². The summed E-state index contributed by atoms with van der Waals surface area (Å²) in [5, 5.41) is 4.25. The molecule has 5 nitrogen and oxygen atoms in total. The van der Waals surface area contributed by atoms with Crippen LogP contribution in [0.1, 0.15) is 31.9 Å². The molecule has 1 atom stereocenters. The highest BCUT2D eigenvalue weighted by Crippen LogP contribution is 2.15. The van der Waals surface area contributed by atoms with Gasteiger partial charge in [0.25, 0.3) is 0 Å². The quantitative estimate of drug-likeness (QED) is 0.485. The number of likely N-dealkylation sites (tertiary alicyclic amines) is 1. The number of aliphatic imine (C=N–C) groups is 1. The first-order valence-corrected chi connectivity index (χ1v) is 9.32. The Balaban J connectivity index is 1.72. The maximum atomic E-state index is 6.06. The molecule has 6 heteroatoms. The predicted octanol–water partition coefficient (Wildman–Crippen LogP) is 2.81. The van der Waals surface area contributed by atoms with Gasteiger partial charge in [0.05, 0.1) is 11.6 Å². The summed E-state index contributed by atoms with van der Waals surface area (Å²) in [5.74, 6) is 1.78. The van der Waals surface area contributed by atoms with Crippen LogP contribution in [0.5, 0.6) is 0 Å². The number of aromatic nitrogens is 1. The molecule has 2 rings (SSSR count). The molecule has 0 bridgehead atoms. The van der Waals surface area contributed by atoms with Gasteiger partial charge in [0.2, 0.25) is 0 Å². The molecule has 0 saturated carbocycles. The summed E-state index contributed by atoms with van der Waals surface area (Å²) in [6, 6.07) is 2.00. The van der Waals surface area contributed by atoms with Gasteiger partial charge in [-0.2, -0.15) is 0 Å². The van der Waals surface area contributed by atoms with Gasteiger partial charge in [-0.3, -0.25) is 4.99 Å². The monoisotopic (exact) mass is 353 g/mol. The Morgan fingerprint density at radius 3 is 2.92 bits per heavy atom. The highest BCUT2D eigenvalue weighted by Gasteiger charge is 2.15. The van der Waals surface area contributed by atoms with Crippen molar-refractivity contribution in [3.63, 3.8) is 0 Å². The molecule has 0 aliphatic carbocycles. The van der Waals surface area contributed by atoms with Crippen LogP contribution in [-0.2, 0) is 13.6 Å². The van der Waals surface area contributed by atoms with Crippen LogP contribution in [0.15, 0.2) is 17.3 Å². The normalized spacial score (nSPS) is 19.5. The molecule has 1 saturated heterocycles. The Morgan fingerprint density at radius 2 is 2.29 bits per heavy atom. The van der Waals surface area contributed by atoms with E-state index < -0.39 is 0 Å². The van der Waals surface area contributed by atoms with Gasteiger partial charge in [-0.25, -0.2) is 0 Å². The summed E-state index contributed by atoms with van der Waals surface area (Å²) >= 11 is 6.06. The van der Waals surface area contributed by atoms with Crippen LogP contribution in [0.2, 0.25) is 5.02 Å². The second-order valence-corrected chi connectivity index (χ2v) is 7.43. The van der Waals surface area contributed by atoms with Crippen molar-refractivity contribution in [3.05, 3.63) is 23.0 Å². The molecule has 1 aliphatic rings. The van der Waals surface area contributed by atoms with Gasteiger partial charge in [0, 0.05) is 46.1 Å². The van der Waals surface area contributed by atoms with Crippen LogP contribution >= 0.6 is 11.6 Å². The standard InChI is InChI=1S/C18H32ClN5/c1-15-7-5-9-24(12-15)10-6-8-21-18(20-2)23(4)14-17-11-16(19)13-22(17)3/h11,13,15H,5-10,12,14H2,1-4H3,(H,20,21). The van der Waals surface area contributed by atoms with E-state index in [9.17, 15) is 0 Å². The lowest BCUT2D eigenvalue weighted by atomic mass is 10.0. The first-order valence-electron chi connectivity index (χ1n) is 8.94. The van der Waals surface area contributed by atoms with Crippen LogP contribution in [0.3, 0.4) is 0 Å². The molecule has 24 heavy (non-hydrogen) atoms. The van der Waals surface area contributed by atoms with Crippen molar-refractivity contribution in [1.82, 2.24) is 19.7 Å². The van der Waals surface area contributed by atoms with Gasteiger partial charge in [0.15, 0.2) is 5.96 Å². The van der Waals surface area contributed by atoms with Crippen LogP contribution in [-0.4, -0.2) is 60.6 Å². The zero-order valence-corrected chi connectivity index (χ0v) is 16.3. The van der Waals surface area contributed by atoms with Crippen LogP contribution in [0.4, 0.5) is 0 Å². The number of nitrogens with zero attached hydrogens (tertiary/aromatic N) is 4. The molecular weight excluding hydrogens is 322 g/mol. The summed E-state index contributed by atoms with van der Waals surface area (Å²) in [7, 11) is 5.91. The number of halogens is 1. The molecule has 1 unspecified atom stereocenters. The average molecular weight is 354 g/mol. The lowest BCUT2D eigenvalue weighted by Crippen LogP contribution is -2.41. The molecular formula is C18H32ClN5. The van der Waals surface area contributed by atoms with E-state index in [-0.39, 0.29) is 0 Å². The second-order valence-electron chi connectivity index (χ2n) is 6.99. The summed E-state index contributed by atoms with van der Waals surface area (Å²) < 4.78 is 2.06. The van der Waals surface area contributed by atoms with Crippen LogP contribution in [0, 0.1) is 5.92 Å². The highest BCUT2D eigenvalue weighted by molar-refractivity contribution is 6.30. The number of rotatable bonds is 6. The van der Waals surface area contributed by atoms with Crippen LogP contribution < -0.4 is 5.32 Å². The van der Waals surface area contributed by atoms with Crippen molar-refractivity contribution in [3.8, 4) is 0 Å². The predicted molar refractivity (Wildman–Crippen MR) is 103 cm³/mol. The van der Waals surface area contributed by atoms with Crippen molar-refractivity contribution in [1.29, 1.82) is 0 Å². The van der Waals surface area contributed by atoms with E-state index in [0.29, 0.717) is 0 Å². The van der Waals surface area contributed by atoms with Crippen molar-refractivity contribution >= 4 is 17.6 Å². The molecule has 0 radical (unpaired) electrons. The van der Waals surface area contributed by atoms with Crippen molar-refractivity contribution in [2.45, 2.75) is 32.7 Å². The minimum Gasteiger partial charge on any atom is -0.356 e. The van der Waals surface area contributed by atoms with Gasteiger partial charge in [-0.05, 0) is 44.3 Å². The van der Waals surface area contributed by atoms with Gasteiger partial charge < -0.3 is 19.7 Å². The Morgan fingerprint density at radius 1 is 1.50 bits per heavy atom. The Bertz CT molecular complexity index is 540. The van der Waals surface area contributed by atoms with Gasteiger partial charge in [0.1, 0.15) is 0 Å². The molecule has 2 heterocycles. The second kappa shape index (κ2) is 9.33. The van der Waals surface area contributed by atoms with Gasteiger partial charge in [-0.15, -0.1) is 0 Å². The minimum atomic E-state index is 0.777. The van der Waals surface area contributed by atoms with Crippen molar-refractivity contribution in [2.24, 2.45) is 18.0 Å². The SMILES string of the molecule is CN=C(NCCCN1CCCC(C)C1)N(C)Cc1cc(Cl)cn1C. The van der Waals surface area contributed by atoms with Gasteiger partial charge in [-0.1, -0.05) is 18.5 Å². The van der Waals surface area contributed by atoms with Crippen LogP contribution in [0.25, 0.3) is 0 Å². The fourth-order valence-electron chi connectivity index (χ4n) is 3.42. The summed E-state index contributed by atoms with van der Waals surface area (Å²) in [6.07, 6.45) is 5.81. The Labute approximate surface area is 151 Å². The third-order valence-corrected chi connectivity index (χ3v) is 4.93. The molecule has 1 aliphatic heterocycles. The number of guanidine groups is 1. The first kappa shape index (κ1) is 19.1. The third-order valence-electron chi connectivity index (χ3n) is 4.72. The van der Waals surface area contributed by atoms with E-state index in [1.165, 1.54) is 38.2 Å². The molecule has 0 spiro atoms. The maximum Gasteiger partial charge on any atom is 0.193 e. The molecule has 1 aromatic heterocycles. The minimum absolute atomic E-state index is 0.777. The third kappa shape index (κ3) is 5.71. The van der Waals surface area contributed by atoms with E-state index in [4.69, 9.17) is 11.6 Å². The molecule has 1 fully saturated rings. The number of aryl methyl sites for hydroxylation is 1. The molecule has 136 valence electrons. The molecule has 1 aromatic rings. The lowest BCUT2D eigenvalue weighted by Gasteiger charge is -2.31. The zero-order valence-electron chi connectivity index (χ0n) is 15.6. The topological polar surface area (TPSA) is 35.8 Å². The molecule has 0 amide bonds. The Kier molecular flexibility index (Phi) is 7.43. The number of hydrogen-bond acceptors (Lipinski definition) is 2. The van der Waals surface area contributed by atoms with E-state index in [0.717, 1.165) is 36.4 Å². The van der Waals surface area contributed by atoms with E-state index in [1.54, 1.807) is 0 Å². The number of hydrogen-bond donors (Lipinski definition) is 1. The fraction of sp³-hybridized carbons (Fsp3) is 0.722. The molecule has 1 N–H and O–H groups in total. The van der Waals surface area contributed by atoms with E-state index in [1.807, 2.05) is 26.4 Å². The largest absolute Gasteiger partial charge is 0.356 e. The average Bonchev–Trinajstić information content (AvgIpc) is 2.85. The number of piperidine rings is 1. The fourth-order valence-corrected chi connectivity index (χ4v) is 3.69. The first-order chi connectivity index (χ1) is 11.5. The van der Waals surface area contributed by atoms with E-state index >= 15 is 0 Å². The van der Waals surface area contributed by atoms with Crippen molar-refractivity contribution in [2.75, 3.05) is 40.3 Å². The summed E-state index contributed by atoms with van der Waals surface area (Å²) in [4.78, 5) is 9.12. The maximum absolute atomic E-state index is 6.06. The lowest BCUT2D eigenvalue weighted by molar-refractivity contribution is 0.182. The smallest absolute Gasteiger partial charge is 0.193 e. The van der Waals surface area contributed by atoms with Crippen molar-refractivity contribution < 1.29 is 0 Å². The highest BCUT2D eigenvalue weighted by atomic mass is 35.5.